The molecule has 21 heavy (non-hydrogen) atoms. The monoisotopic (exact) mass is 290 g/mol. The van der Waals surface area contributed by atoms with Gasteiger partial charge in [0.1, 0.15) is 5.75 Å². The van der Waals surface area contributed by atoms with Gasteiger partial charge in [-0.05, 0) is 57.0 Å². The van der Waals surface area contributed by atoms with Gasteiger partial charge in [0.15, 0.2) is 0 Å². The van der Waals surface area contributed by atoms with Gasteiger partial charge in [-0.2, -0.15) is 0 Å². The van der Waals surface area contributed by atoms with Gasteiger partial charge in [0.05, 0.1) is 6.61 Å². The SMILES string of the molecule is CCCN(Cc1ccc(OCC)cc1)CC1CCCCN1. The molecule has 118 valence electrons. The molecule has 1 aliphatic rings. The van der Waals surface area contributed by atoms with Crippen molar-refractivity contribution in [2.24, 2.45) is 0 Å². The molecule has 0 radical (unpaired) electrons. The average molecular weight is 290 g/mol. The summed E-state index contributed by atoms with van der Waals surface area (Å²) in [5.41, 5.74) is 1.38. The van der Waals surface area contributed by atoms with E-state index < -0.39 is 0 Å². The van der Waals surface area contributed by atoms with Crippen molar-refractivity contribution in [3.8, 4) is 5.75 Å². The largest absolute Gasteiger partial charge is 0.494 e. The third-order valence-electron chi connectivity index (χ3n) is 4.07. The van der Waals surface area contributed by atoms with Crippen LogP contribution in [0.2, 0.25) is 0 Å². The average Bonchev–Trinajstić information content (AvgIpc) is 2.51. The number of hydrogen-bond donors (Lipinski definition) is 1. The van der Waals surface area contributed by atoms with Crippen LogP contribution < -0.4 is 10.1 Å². The first kappa shape index (κ1) is 16.3. The van der Waals surface area contributed by atoms with Crippen LogP contribution in [0.5, 0.6) is 5.75 Å². The minimum absolute atomic E-state index is 0.674. The van der Waals surface area contributed by atoms with Gasteiger partial charge in [-0.15, -0.1) is 0 Å². The molecule has 1 N–H and O–H groups in total. The van der Waals surface area contributed by atoms with Crippen LogP contribution in [0.15, 0.2) is 24.3 Å². The van der Waals surface area contributed by atoms with E-state index in [-0.39, 0.29) is 0 Å². The molecule has 1 saturated heterocycles. The van der Waals surface area contributed by atoms with E-state index in [1.165, 1.54) is 50.9 Å². The van der Waals surface area contributed by atoms with Crippen LogP contribution in [0.4, 0.5) is 0 Å². The highest BCUT2D eigenvalue weighted by atomic mass is 16.5. The maximum absolute atomic E-state index is 5.51. The topological polar surface area (TPSA) is 24.5 Å². The Balaban J connectivity index is 1.88. The maximum Gasteiger partial charge on any atom is 0.119 e. The van der Waals surface area contributed by atoms with Crippen LogP contribution in [0.1, 0.15) is 45.1 Å². The molecule has 0 saturated carbocycles. The number of hydrogen-bond acceptors (Lipinski definition) is 3. The minimum atomic E-state index is 0.674. The molecular formula is C18H30N2O. The van der Waals surface area contributed by atoms with Gasteiger partial charge < -0.3 is 10.1 Å². The molecule has 0 amide bonds. The Morgan fingerprint density at radius 3 is 2.62 bits per heavy atom. The summed E-state index contributed by atoms with van der Waals surface area (Å²) < 4.78 is 5.51. The van der Waals surface area contributed by atoms with Crippen molar-refractivity contribution < 1.29 is 4.74 Å². The predicted molar refractivity (Wildman–Crippen MR) is 88.8 cm³/mol. The molecule has 1 fully saturated rings. The van der Waals surface area contributed by atoms with Crippen molar-refractivity contribution in [1.29, 1.82) is 0 Å². The normalized spacial score (nSPS) is 18.9. The van der Waals surface area contributed by atoms with Gasteiger partial charge in [0.25, 0.3) is 0 Å². The molecule has 1 aromatic carbocycles. The molecule has 1 aromatic rings. The molecule has 0 aliphatic carbocycles. The third-order valence-corrected chi connectivity index (χ3v) is 4.07. The first-order valence-electron chi connectivity index (χ1n) is 8.49. The molecular weight excluding hydrogens is 260 g/mol. The highest BCUT2D eigenvalue weighted by molar-refractivity contribution is 5.27. The summed E-state index contributed by atoms with van der Waals surface area (Å²) in [6.45, 7) is 9.58. The summed E-state index contributed by atoms with van der Waals surface area (Å²) in [7, 11) is 0. The van der Waals surface area contributed by atoms with Gasteiger partial charge >= 0.3 is 0 Å². The Bertz CT molecular complexity index is 385. The van der Waals surface area contributed by atoms with Gasteiger partial charge in [0, 0.05) is 19.1 Å². The van der Waals surface area contributed by atoms with Crippen LogP contribution in [-0.4, -0.2) is 37.2 Å². The van der Waals surface area contributed by atoms with Crippen molar-refractivity contribution >= 4 is 0 Å². The van der Waals surface area contributed by atoms with Crippen molar-refractivity contribution in [3.05, 3.63) is 29.8 Å². The van der Waals surface area contributed by atoms with E-state index in [0.29, 0.717) is 6.04 Å². The molecule has 1 atom stereocenters. The van der Waals surface area contributed by atoms with Gasteiger partial charge in [0.2, 0.25) is 0 Å². The van der Waals surface area contributed by atoms with Crippen LogP contribution in [0.25, 0.3) is 0 Å². The Labute approximate surface area is 129 Å². The van der Waals surface area contributed by atoms with E-state index in [4.69, 9.17) is 4.74 Å². The summed E-state index contributed by atoms with van der Waals surface area (Å²) in [6.07, 6.45) is 5.25. The molecule has 3 nitrogen and oxygen atoms in total. The van der Waals surface area contributed by atoms with Gasteiger partial charge in [-0.1, -0.05) is 25.5 Å². The standard InChI is InChI=1S/C18H30N2O/c1-3-13-20(15-17-7-5-6-12-19-17)14-16-8-10-18(11-9-16)21-4-2/h8-11,17,19H,3-7,12-15H2,1-2H3. The molecule has 0 aromatic heterocycles. The zero-order valence-corrected chi connectivity index (χ0v) is 13.6. The molecule has 1 heterocycles. The third kappa shape index (κ3) is 5.68. The predicted octanol–water partition coefficient (Wildman–Crippen LogP) is 3.44. The second-order valence-electron chi connectivity index (χ2n) is 5.96. The molecule has 1 unspecified atom stereocenters. The van der Waals surface area contributed by atoms with Gasteiger partial charge in [-0.3, -0.25) is 4.90 Å². The lowest BCUT2D eigenvalue weighted by Crippen LogP contribution is -2.43. The number of benzene rings is 1. The lowest BCUT2D eigenvalue weighted by atomic mass is 10.0. The fraction of sp³-hybridized carbons (Fsp3) is 0.667. The number of nitrogens with zero attached hydrogens (tertiary/aromatic N) is 1. The maximum atomic E-state index is 5.51. The summed E-state index contributed by atoms with van der Waals surface area (Å²) >= 11 is 0. The lowest BCUT2D eigenvalue weighted by Gasteiger charge is -2.30. The van der Waals surface area contributed by atoms with Crippen LogP contribution >= 0.6 is 0 Å². The fourth-order valence-corrected chi connectivity index (χ4v) is 3.06. The number of rotatable bonds is 8. The van der Waals surface area contributed by atoms with Gasteiger partial charge in [-0.25, -0.2) is 0 Å². The summed E-state index contributed by atoms with van der Waals surface area (Å²) in [6, 6.07) is 9.24. The second kappa shape index (κ2) is 9.06. The smallest absolute Gasteiger partial charge is 0.119 e. The minimum Gasteiger partial charge on any atom is -0.494 e. The van der Waals surface area contributed by atoms with Crippen molar-refractivity contribution in [1.82, 2.24) is 10.2 Å². The summed E-state index contributed by atoms with van der Waals surface area (Å²) in [5, 5.41) is 3.66. The van der Waals surface area contributed by atoms with E-state index in [2.05, 4.69) is 41.4 Å². The number of nitrogens with one attached hydrogen (secondary N) is 1. The second-order valence-corrected chi connectivity index (χ2v) is 5.96. The Morgan fingerprint density at radius 1 is 1.19 bits per heavy atom. The first-order chi connectivity index (χ1) is 10.3. The molecule has 1 aliphatic heterocycles. The van der Waals surface area contributed by atoms with E-state index in [9.17, 15) is 0 Å². The van der Waals surface area contributed by atoms with E-state index in [0.717, 1.165) is 18.9 Å². The van der Waals surface area contributed by atoms with E-state index in [1.807, 2.05) is 6.92 Å². The molecule has 2 rings (SSSR count). The van der Waals surface area contributed by atoms with Crippen LogP contribution in [0.3, 0.4) is 0 Å². The molecule has 3 heteroatoms. The van der Waals surface area contributed by atoms with Crippen LogP contribution in [0, 0.1) is 0 Å². The Morgan fingerprint density at radius 2 is 2.00 bits per heavy atom. The zero-order chi connectivity index (χ0) is 14.9. The van der Waals surface area contributed by atoms with Crippen molar-refractivity contribution in [3.63, 3.8) is 0 Å². The zero-order valence-electron chi connectivity index (χ0n) is 13.6. The van der Waals surface area contributed by atoms with E-state index in [1.54, 1.807) is 0 Å². The van der Waals surface area contributed by atoms with E-state index >= 15 is 0 Å². The van der Waals surface area contributed by atoms with Crippen molar-refractivity contribution in [2.45, 2.75) is 52.1 Å². The number of ether oxygens (including phenoxy) is 1. The summed E-state index contributed by atoms with van der Waals surface area (Å²) in [5.74, 6) is 0.970. The highest BCUT2D eigenvalue weighted by Crippen LogP contribution is 2.15. The first-order valence-corrected chi connectivity index (χ1v) is 8.49. The fourth-order valence-electron chi connectivity index (χ4n) is 3.06. The molecule has 0 spiro atoms. The Kier molecular flexibility index (Phi) is 7.04. The van der Waals surface area contributed by atoms with Crippen molar-refractivity contribution in [2.75, 3.05) is 26.2 Å². The lowest BCUT2D eigenvalue weighted by molar-refractivity contribution is 0.217. The highest BCUT2D eigenvalue weighted by Gasteiger charge is 2.16. The Hall–Kier alpha value is -1.06. The quantitative estimate of drug-likeness (QED) is 0.794. The molecule has 0 bridgehead atoms. The number of piperidine rings is 1. The van der Waals surface area contributed by atoms with Crippen LogP contribution in [-0.2, 0) is 6.54 Å². The summed E-state index contributed by atoms with van der Waals surface area (Å²) in [4.78, 5) is 2.58.